The van der Waals surface area contributed by atoms with E-state index >= 15 is 9.13 Å². The van der Waals surface area contributed by atoms with Gasteiger partial charge in [-0.15, -0.1) is 0 Å². The number of hydrogen-bond acceptors (Lipinski definition) is 6. The number of nitrogens with one attached hydrogen (secondary N) is 2. The normalized spacial score (nSPS) is 18.4. The van der Waals surface area contributed by atoms with Crippen molar-refractivity contribution in [2.45, 2.75) is 88.6 Å². The van der Waals surface area contributed by atoms with Gasteiger partial charge in [-0.3, -0.25) is 4.90 Å². The van der Waals surface area contributed by atoms with Crippen LogP contribution in [0.3, 0.4) is 0 Å². The molecule has 0 aromatic carbocycles. The van der Waals surface area contributed by atoms with Crippen LogP contribution in [0.15, 0.2) is 0 Å². The minimum absolute atomic E-state index is 0.331. The van der Waals surface area contributed by atoms with E-state index in [1.165, 1.54) is 0 Å². The minimum atomic E-state index is -2.64. The summed E-state index contributed by atoms with van der Waals surface area (Å²) in [4.78, 5) is 2.48. The molecular weight excluding hydrogens is 579 g/mol. The lowest BCUT2D eigenvalue weighted by atomic mass is 10.0. The van der Waals surface area contributed by atoms with Gasteiger partial charge in [-0.05, 0) is 35.5 Å². The highest BCUT2D eigenvalue weighted by Crippen LogP contribution is 2.59. The molecule has 0 aromatic rings. The van der Waals surface area contributed by atoms with Crippen molar-refractivity contribution in [2.24, 2.45) is 35.5 Å². The molecule has 0 radical (unpaired) electrons. The van der Waals surface area contributed by atoms with Crippen molar-refractivity contribution in [1.29, 1.82) is 0 Å². The van der Waals surface area contributed by atoms with Crippen LogP contribution in [0.2, 0.25) is 0 Å². The molecule has 0 saturated carbocycles. The highest BCUT2D eigenvalue weighted by Gasteiger charge is 2.49. The van der Waals surface area contributed by atoms with Crippen LogP contribution in [0, 0.1) is 35.5 Å². The summed E-state index contributed by atoms with van der Waals surface area (Å²) in [5.41, 5.74) is -0.561. The van der Waals surface area contributed by atoms with Gasteiger partial charge in [0.25, 0.3) is 0 Å². The summed E-state index contributed by atoms with van der Waals surface area (Å²) < 4.78 is 45.2. The van der Waals surface area contributed by atoms with Crippen molar-refractivity contribution in [1.82, 2.24) is 15.5 Å². The van der Waals surface area contributed by atoms with E-state index < -0.39 is 27.0 Å². The van der Waals surface area contributed by atoms with E-state index in [0.29, 0.717) is 85.3 Å². The van der Waals surface area contributed by atoms with E-state index in [-0.39, 0.29) is 0 Å². The van der Waals surface area contributed by atoms with Gasteiger partial charge >= 0.3 is 0 Å². The Kier molecular flexibility index (Phi) is 17.4. The predicted octanol–water partition coefficient (Wildman–Crippen LogP) is 8.20. The second-order valence-electron chi connectivity index (χ2n) is 16.5. The van der Waals surface area contributed by atoms with Gasteiger partial charge in [0.2, 0.25) is 0 Å². The van der Waals surface area contributed by atoms with Crippen LogP contribution in [-0.2, 0) is 13.7 Å². The molecule has 0 aliphatic carbocycles. The Labute approximate surface area is 262 Å². The molecule has 1 aliphatic heterocycles. The summed E-state index contributed by atoms with van der Waals surface area (Å²) in [6.45, 7) is 30.1. The summed E-state index contributed by atoms with van der Waals surface area (Å²) in [7, 11) is -7.85. The molecular formula is C33H72N3O3P3. The third-order valence-corrected chi connectivity index (χ3v) is 19.5. The second-order valence-corrected chi connectivity index (χ2v) is 26.0. The molecule has 0 spiro atoms. The molecule has 0 atom stereocenters. The molecule has 2 N–H and O–H groups in total. The van der Waals surface area contributed by atoms with Crippen LogP contribution in [0.5, 0.6) is 0 Å². The van der Waals surface area contributed by atoms with Crippen molar-refractivity contribution < 1.29 is 13.7 Å². The molecule has 0 unspecified atom stereocenters. The summed E-state index contributed by atoms with van der Waals surface area (Å²) in [5, 5.41) is 7.32. The van der Waals surface area contributed by atoms with E-state index in [0.717, 1.165) is 38.5 Å². The fourth-order valence-corrected chi connectivity index (χ4v) is 21.2. The van der Waals surface area contributed by atoms with Gasteiger partial charge in [0.05, 0.1) is 20.6 Å². The van der Waals surface area contributed by atoms with Crippen molar-refractivity contribution in [3.8, 4) is 0 Å². The Morgan fingerprint density at radius 2 is 0.857 bits per heavy atom. The zero-order valence-corrected chi connectivity index (χ0v) is 32.6. The third-order valence-electron chi connectivity index (χ3n) is 7.94. The smallest absolute Gasteiger partial charge is 0.101 e. The van der Waals surface area contributed by atoms with Gasteiger partial charge in [0, 0.05) is 87.6 Å². The second kappa shape index (κ2) is 18.0. The molecule has 0 amide bonds. The molecule has 6 nitrogen and oxygen atoms in total. The van der Waals surface area contributed by atoms with E-state index in [2.05, 4.69) is 98.6 Å². The Hall–Kier alpha value is 0.570. The monoisotopic (exact) mass is 651 g/mol. The van der Waals surface area contributed by atoms with Gasteiger partial charge < -0.3 is 24.3 Å². The highest BCUT2D eigenvalue weighted by molar-refractivity contribution is 7.65. The molecule has 42 heavy (non-hydrogen) atoms. The van der Waals surface area contributed by atoms with Gasteiger partial charge in [0.15, 0.2) is 0 Å². The third kappa shape index (κ3) is 15.2. The van der Waals surface area contributed by atoms with Crippen molar-refractivity contribution >= 4 is 21.4 Å². The van der Waals surface area contributed by atoms with E-state index in [4.69, 9.17) is 0 Å². The lowest BCUT2D eigenvalue weighted by molar-refractivity contribution is 0.150. The van der Waals surface area contributed by atoms with Crippen LogP contribution < -0.4 is 10.6 Å². The summed E-state index contributed by atoms with van der Waals surface area (Å²) >= 11 is 0. The van der Waals surface area contributed by atoms with Crippen molar-refractivity contribution in [2.75, 3.05) is 88.3 Å². The summed E-state index contributed by atoms with van der Waals surface area (Å²) in [5.74, 6) is 2.01. The predicted molar refractivity (Wildman–Crippen MR) is 191 cm³/mol. The first-order chi connectivity index (χ1) is 19.2. The Morgan fingerprint density at radius 3 is 1.21 bits per heavy atom. The SMILES string of the molecule is CC(C)CP(=O)(CC(C)C)CN1CCNCCNCC1(CP(=O)(CC(C)C)CC(C)C)CP(=O)(CC(C)C)CC(C)C. The lowest BCUT2D eigenvalue weighted by Crippen LogP contribution is -2.61. The standard InChI is InChI=1S/C33H72N3O3P3/c1-27(2)17-40(37,18-28(3)4)24-33(25-41(38,19-29(5)6)20-30(7)8)23-35-14-13-34-15-16-36(33)26-42(39,21-31(9)10)22-32(11)12/h27-32,34-35H,13-26H2,1-12H3. The average molecular weight is 652 g/mol. The van der Waals surface area contributed by atoms with Crippen molar-refractivity contribution in [3.05, 3.63) is 0 Å². The first kappa shape index (κ1) is 40.6. The summed E-state index contributed by atoms with van der Waals surface area (Å²) in [6.07, 6.45) is 5.97. The largest absolute Gasteiger partial charge is 0.323 e. The van der Waals surface area contributed by atoms with Crippen molar-refractivity contribution in [3.63, 3.8) is 0 Å². The van der Waals surface area contributed by atoms with Crippen LogP contribution in [-0.4, -0.2) is 98.7 Å². The number of nitrogens with zero attached hydrogens (tertiary/aromatic N) is 1. The molecule has 1 aliphatic rings. The fraction of sp³-hybridized carbons (Fsp3) is 1.00. The maximum absolute atomic E-state index is 15.2. The number of rotatable bonds is 18. The average Bonchev–Trinajstić information content (AvgIpc) is 2.80. The van der Waals surface area contributed by atoms with Gasteiger partial charge in [-0.1, -0.05) is 83.1 Å². The molecule has 1 fully saturated rings. The Balaban J connectivity index is 3.96. The molecule has 9 heteroatoms. The molecule has 1 saturated heterocycles. The Bertz CT molecular complexity index is 835. The fourth-order valence-electron chi connectivity index (χ4n) is 7.74. The van der Waals surface area contributed by atoms with E-state index in [1.807, 2.05) is 0 Å². The number of hydrogen-bond donors (Lipinski definition) is 2. The summed E-state index contributed by atoms with van der Waals surface area (Å²) in [6, 6.07) is 0. The van der Waals surface area contributed by atoms with Crippen LogP contribution in [0.25, 0.3) is 0 Å². The maximum atomic E-state index is 15.2. The van der Waals surface area contributed by atoms with Crippen LogP contribution in [0.4, 0.5) is 0 Å². The quantitative estimate of drug-likeness (QED) is 0.146. The molecule has 0 bridgehead atoms. The molecule has 1 heterocycles. The molecule has 0 aromatic heterocycles. The highest BCUT2D eigenvalue weighted by atomic mass is 31.2. The van der Waals surface area contributed by atoms with E-state index in [9.17, 15) is 4.57 Å². The van der Waals surface area contributed by atoms with Gasteiger partial charge in [0.1, 0.15) is 7.14 Å². The van der Waals surface area contributed by atoms with Gasteiger partial charge in [-0.25, -0.2) is 0 Å². The minimum Gasteiger partial charge on any atom is -0.323 e. The maximum Gasteiger partial charge on any atom is 0.101 e. The zero-order valence-electron chi connectivity index (χ0n) is 29.9. The Morgan fingerprint density at radius 1 is 0.524 bits per heavy atom. The van der Waals surface area contributed by atoms with Crippen LogP contribution >= 0.6 is 21.4 Å². The van der Waals surface area contributed by atoms with E-state index in [1.54, 1.807) is 0 Å². The lowest BCUT2D eigenvalue weighted by Gasteiger charge is -2.49. The molecule has 1 rings (SSSR count). The van der Waals surface area contributed by atoms with Gasteiger partial charge in [-0.2, -0.15) is 0 Å². The first-order valence-corrected chi connectivity index (χ1v) is 23.9. The zero-order chi connectivity index (χ0) is 32.4. The first-order valence-electron chi connectivity index (χ1n) is 17.1. The van der Waals surface area contributed by atoms with Crippen LogP contribution in [0.1, 0.15) is 83.1 Å². The topological polar surface area (TPSA) is 78.5 Å². The molecule has 252 valence electrons.